The molecule has 0 spiro atoms. The van der Waals surface area contributed by atoms with Gasteiger partial charge < -0.3 is 4.57 Å². The van der Waals surface area contributed by atoms with E-state index < -0.39 is 12.0 Å². The smallest absolute Gasteiger partial charge is 0.318 e. The molecule has 0 saturated heterocycles. The summed E-state index contributed by atoms with van der Waals surface area (Å²) in [7, 11) is 0. The van der Waals surface area contributed by atoms with Gasteiger partial charge in [-0.3, -0.25) is 0 Å². The van der Waals surface area contributed by atoms with Crippen LogP contribution in [-0.4, -0.2) is 9.55 Å². The molecule has 86 valence electrons. The summed E-state index contributed by atoms with van der Waals surface area (Å²) in [6, 6.07) is 6.36. The van der Waals surface area contributed by atoms with Crippen molar-refractivity contribution in [2.45, 2.75) is 26.1 Å². The minimum atomic E-state index is -4.41. The lowest BCUT2D eigenvalue weighted by Crippen LogP contribution is -2.16. The molecule has 0 bridgehead atoms. The molecule has 0 amide bonds. The van der Waals surface area contributed by atoms with Crippen LogP contribution in [0.5, 0.6) is 0 Å². The molecule has 0 fully saturated rings. The summed E-state index contributed by atoms with van der Waals surface area (Å²) in [5.41, 5.74) is 0.897. The van der Waals surface area contributed by atoms with Crippen LogP contribution in [0.3, 0.4) is 0 Å². The first-order chi connectivity index (χ1) is 7.41. The maximum Gasteiger partial charge on any atom is 0.449 e. The highest BCUT2D eigenvalue weighted by molar-refractivity contribution is 5.76. The van der Waals surface area contributed by atoms with E-state index >= 15 is 0 Å². The Balaban J connectivity index is 2.78. The molecule has 1 aromatic heterocycles. The van der Waals surface area contributed by atoms with Crippen molar-refractivity contribution in [3.63, 3.8) is 0 Å². The summed E-state index contributed by atoms with van der Waals surface area (Å²) in [6.07, 6.45) is -4.41. The van der Waals surface area contributed by atoms with Crippen molar-refractivity contribution in [3.05, 3.63) is 30.1 Å². The van der Waals surface area contributed by atoms with E-state index in [2.05, 4.69) is 4.98 Å². The zero-order valence-corrected chi connectivity index (χ0v) is 8.92. The van der Waals surface area contributed by atoms with E-state index in [-0.39, 0.29) is 6.04 Å². The zero-order valence-electron chi connectivity index (χ0n) is 8.92. The number of nitrogens with zero attached hydrogens (tertiary/aromatic N) is 2. The molecule has 0 unspecified atom stereocenters. The van der Waals surface area contributed by atoms with Crippen molar-refractivity contribution in [2.75, 3.05) is 0 Å². The Morgan fingerprint density at radius 3 is 2.38 bits per heavy atom. The Hall–Kier alpha value is -1.52. The van der Waals surface area contributed by atoms with Gasteiger partial charge in [-0.2, -0.15) is 13.2 Å². The molecule has 0 N–H and O–H groups in total. The molecular formula is C11H11F3N2. The highest BCUT2D eigenvalue weighted by Gasteiger charge is 2.38. The van der Waals surface area contributed by atoms with Gasteiger partial charge in [0.15, 0.2) is 0 Å². The van der Waals surface area contributed by atoms with Gasteiger partial charge >= 0.3 is 6.18 Å². The van der Waals surface area contributed by atoms with Gasteiger partial charge in [0.1, 0.15) is 0 Å². The number of hydrogen-bond acceptors (Lipinski definition) is 1. The van der Waals surface area contributed by atoms with Crippen molar-refractivity contribution in [1.82, 2.24) is 9.55 Å². The Morgan fingerprint density at radius 2 is 1.81 bits per heavy atom. The monoisotopic (exact) mass is 228 g/mol. The number of aromatic nitrogens is 2. The van der Waals surface area contributed by atoms with Crippen LogP contribution in [0.15, 0.2) is 24.3 Å². The molecule has 0 atom stereocenters. The minimum absolute atomic E-state index is 0.274. The van der Waals surface area contributed by atoms with E-state index in [9.17, 15) is 13.2 Å². The third kappa shape index (κ3) is 1.66. The largest absolute Gasteiger partial charge is 0.449 e. The number of benzene rings is 1. The number of imidazole rings is 1. The molecular weight excluding hydrogens is 217 g/mol. The average molecular weight is 228 g/mol. The molecule has 5 heteroatoms. The summed E-state index contributed by atoms with van der Waals surface area (Å²) in [5.74, 6) is -0.830. The van der Waals surface area contributed by atoms with E-state index in [1.807, 2.05) is 0 Å². The minimum Gasteiger partial charge on any atom is -0.318 e. The van der Waals surface area contributed by atoms with Crippen molar-refractivity contribution in [1.29, 1.82) is 0 Å². The number of halogens is 3. The van der Waals surface area contributed by atoms with Crippen LogP contribution in [0.1, 0.15) is 25.7 Å². The van der Waals surface area contributed by atoms with Crippen LogP contribution in [0.2, 0.25) is 0 Å². The van der Waals surface area contributed by atoms with Crippen LogP contribution in [0.4, 0.5) is 13.2 Å². The van der Waals surface area contributed by atoms with Gasteiger partial charge in [0, 0.05) is 6.04 Å². The van der Waals surface area contributed by atoms with Gasteiger partial charge in [0.25, 0.3) is 0 Å². The van der Waals surface area contributed by atoms with Crippen molar-refractivity contribution < 1.29 is 13.2 Å². The van der Waals surface area contributed by atoms with E-state index in [0.717, 1.165) is 0 Å². The van der Waals surface area contributed by atoms with Gasteiger partial charge in [0.05, 0.1) is 11.0 Å². The molecule has 16 heavy (non-hydrogen) atoms. The summed E-state index contributed by atoms with van der Waals surface area (Å²) in [6.45, 7) is 3.42. The van der Waals surface area contributed by atoms with Crippen LogP contribution < -0.4 is 0 Å². The second-order valence-electron chi connectivity index (χ2n) is 3.89. The van der Waals surface area contributed by atoms with Gasteiger partial charge in [0.2, 0.25) is 5.82 Å². The average Bonchev–Trinajstić information content (AvgIpc) is 2.55. The van der Waals surface area contributed by atoms with Gasteiger partial charge in [-0.15, -0.1) is 0 Å². The maximum atomic E-state index is 12.8. The number of rotatable bonds is 1. The standard InChI is InChI=1S/C11H11F3N2/c1-7(2)16-9-6-4-3-5-8(9)15-10(16)11(12,13)14/h3-7H,1-2H3. The molecule has 1 aromatic carbocycles. The van der Waals surface area contributed by atoms with Crippen molar-refractivity contribution in [2.24, 2.45) is 0 Å². The molecule has 0 aliphatic rings. The molecule has 0 radical (unpaired) electrons. The SMILES string of the molecule is CC(C)n1c(C(F)(F)F)nc2ccccc21. The number of hydrogen-bond donors (Lipinski definition) is 0. The Morgan fingerprint density at radius 1 is 1.19 bits per heavy atom. The van der Waals surface area contributed by atoms with Crippen LogP contribution in [0.25, 0.3) is 11.0 Å². The summed E-state index contributed by atoms with van der Waals surface area (Å²) in [5, 5.41) is 0. The van der Waals surface area contributed by atoms with Crippen molar-refractivity contribution >= 4 is 11.0 Å². The third-order valence-corrected chi connectivity index (χ3v) is 2.37. The van der Waals surface area contributed by atoms with Crippen LogP contribution in [0, 0.1) is 0 Å². The fourth-order valence-electron chi connectivity index (χ4n) is 1.77. The van der Waals surface area contributed by atoms with Crippen LogP contribution in [-0.2, 0) is 6.18 Å². The number of para-hydroxylation sites is 2. The lowest BCUT2D eigenvalue weighted by atomic mass is 10.3. The first-order valence-electron chi connectivity index (χ1n) is 4.95. The highest BCUT2D eigenvalue weighted by atomic mass is 19.4. The van der Waals surface area contributed by atoms with Gasteiger partial charge in [-0.25, -0.2) is 4.98 Å². The maximum absolute atomic E-state index is 12.8. The first-order valence-corrected chi connectivity index (χ1v) is 4.95. The van der Waals surface area contributed by atoms with Crippen molar-refractivity contribution in [3.8, 4) is 0 Å². The van der Waals surface area contributed by atoms with E-state index in [4.69, 9.17) is 0 Å². The molecule has 0 aliphatic heterocycles. The lowest BCUT2D eigenvalue weighted by Gasteiger charge is -2.14. The normalized spacial score (nSPS) is 12.6. The fraction of sp³-hybridized carbons (Fsp3) is 0.364. The Kier molecular flexibility index (Phi) is 2.40. The van der Waals surface area contributed by atoms with Gasteiger partial charge in [-0.1, -0.05) is 12.1 Å². The van der Waals surface area contributed by atoms with E-state index in [0.29, 0.717) is 11.0 Å². The molecule has 0 saturated carbocycles. The van der Waals surface area contributed by atoms with Crippen LogP contribution >= 0.6 is 0 Å². The summed E-state index contributed by atoms with van der Waals surface area (Å²) < 4.78 is 39.5. The second kappa shape index (κ2) is 3.50. The predicted octanol–water partition coefficient (Wildman–Crippen LogP) is 3.64. The number of alkyl halides is 3. The predicted molar refractivity (Wildman–Crippen MR) is 55.1 cm³/mol. The summed E-state index contributed by atoms with van der Waals surface area (Å²) in [4.78, 5) is 3.64. The Labute approximate surface area is 90.7 Å². The van der Waals surface area contributed by atoms with E-state index in [1.54, 1.807) is 38.1 Å². The topological polar surface area (TPSA) is 17.8 Å². The molecule has 2 nitrogen and oxygen atoms in total. The van der Waals surface area contributed by atoms with E-state index in [1.165, 1.54) is 4.57 Å². The molecule has 2 rings (SSSR count). The quantitative estimate of drug-likeness (QED) is 0.728. The second-order valence-corrected chi connectivity index (χ2v) is 3.89. The summed E-state index contributed by atoms with van der Waals surface area (Å²) >= 11 is 0. The zero-order chi connectivity index (χ0) is 11.9. The number of fused-ring (bicyclic) bond motifs is 1. The first kappa shape index (κ1) is 11.0. The fourth-order valence-corrected chi connectivity index (χ4v) is 1.77. The third-order valence-electron chi connectivity index (χ3n) is 2.37. The molecule has 2 aromatic rings. The highest BCUT2D eigenvalue weighted by Crippen LogP contribution is 2.33. The Bertz CT molecular complexity index is 511. The van der Waals surface area contributed by atoms with Gasteiger partial charge in [-0.05, 0) is 26.0 Å². The lowest BCUT2D eigenvalue weighted by molar-refractivity contribution is -0.147. The molecule has 0 aliphatic carbocycles. The molecule has 1 heterocycles.